The van der Waals surface area contributed by atoms with E-state index < -0.39 is 12.2 Å². The van der Waals surface area contributed by atoms with Crippen molar-refractivity contribution in [3.05, 3.63) is 71.8 Å². The lowest BCUT2D eigenvalue weighted by Gasteiger charge is -2.29. The van der Waals surface area contributed by atoms with Crippen LogP contribution < -0.4 is 0 Å². The van der Waals surface area contributed by atoms with Crippen LogP contribution in [0.3, 0.4) is 0 Å². The fourth-order valence-corrected chi connectivity index (χ4v) is 3.21. The van der Waals surface area contributed by atoms with E-state index >= 15 is 0 Å². The van der Waals surface area contributed by atoms with Gasteiger partial charge in [-0.25, -0.2) is 0 Å². The van der Waals surface area contributed by atoms with Crippen molar-refractivity contribution >= 4 is 5.78 Å². The molecule has 0 aromatic heterocycles. The summed E-state index contributed by atoms with van der Waals surface area (Å²) in [7, 11) is 0. The van der Waals surface area contributed by atoms with E-state index in [1.165, 1.54) is 0 Å². The molecule has 1 saturated heterocycles. The van der Waals surface area contributed by atoms with Crippen molar-refractivity contribution in [2.45, 2.75) is 18.6 Å². The molecule has 1 aliphatic rings. The SMILES string of the molecule is O=C(c1ccccc1)C(Cc1ccccc1)OCC(O)CN1CCOCC1. The first kappa shape index (κ1) is 19.7. The Hall–Kier alpha value is -2.05. The average molecular weight is 369 g/mol. The Morgan fingerprint density at radius 3 is 2.33 bits per heavy atom. The van der Waals surface area contributed by atoms with Crippen LogP contribution in [0, 0.1) is 0 Å². The molecule has 1 heterocycles. The van der Waals surface area contributed by atoms with Gasteiger partial charge in [0.2, 0.25) is 0 Å². The van der Waals surface area contributed by atoms with Gasteiger partial charge in [0.1, 0.15) is 6.10 Å². The van der Waals surface area contributed by atoms with Crippen molar-refractivity contribution < 1.29 is 19.4 Å². The number of Topliss-reactive ketones (excluding diaryl/α,β-unsaturated/α-hetero) is 1. The first-order valence-electron chi connectivity index (χ1n) is 9.45. The fraction of sp³-hybridized carbons (Fsp3) is 0.409. The van der Waals surface area contributed by atoms with Crippen molar-refractivity contribution in [1.29, 1.82) is 0 Å². The normalized spacial score (nSPS) is 17.4. The van der Waals surface area contributed by atoms with Crippen LogP contribution in [0.4, 0.5) is 0 Å². The molecule has 0 spiro atoms. The number of rotatable bonds is 9. The monoisotopic (exact) mass is 369 g/mol. The van der Waals surface area contributed by atoms with E-state index in [0.717, 1.165) is 18.7 Å². The molecule has 0 amide bonds. The van der Waals surface area contributed by atoms with Gasteiger partial charge in [-0.1, -0.05) is 60.7 Å². The standard InChI is InChI=1S/C22H27NO4/c24-20(16-23-11-13-26-14-12-23)17-27-21(15-18-7-3-1-4-8-18)22(25)19-9-5-2-6-10-19/h1-10,20-21,24H,11-17H2. The summed E-state index contributed by atoms with van der Waals surface area (Å²) < 4.78 is 11.2. The van der Waals surface area contributed by atoms with Crippen LogP contribution in [-0.4, -0.2) is 67.5 Å². The highest BCUT2D eigenvalue weighted by Gasteiger charge is 2.23. The topological polar surface area (TPSA) is 59.0 Å². The number of carbonyl (C=O) groups is 1. The average Bonchev–Trinajstić information content (AvgIpc) is 2.73. The van der Waals surface area contributed by atoms with E-state index in [4.69, 9.17) is 9.47 Å². The number of carbonyl (C=O) groups excluding carboxylic acids is 1. The highest BCUT2D eigenvalue weighted by Crippen LogP contribution is 2.13. The van der Waals surface area contributed by atoms with Gasteiger partial charge in [0, 0.05) is 31.6 Å². The largest absolute Gasteiger partial charge is 0.389 e. The van der Waals surface area contributed by atoms with Crippen LogP contribution in [0.1, 0.15) is 15.9 Å². The molecule has 1 aliphatic heterocycles. The van der Waals surface area contributed by atoms with Crippen molar-refractivity contribution in [3.8, 4) is 0 Å². The van der Waals surface area contributed by atoms with Crippen LogP contribution in [0.2, 0.25) is 0 Å². The van der Waals surface area contributed by atoms with Gasteiger partial charge in [0.25, 0.3) is 0 Å². The minimum absolute atomic E-state index is 0.0574. The zero-order valence-corrected chi connectivity index (χ0v) is 15.5. The van der Waals surface area contributed by atoms with Crippen molar-refractivity contribution in [1.82, 2.24) is 4.90 Å². The Bertz CT molecular complexity index is 686. The Labute approximate surface area is 160 Å². The molecule has 1 fully saturated rings. The summed E-state index contributed by atoms with van der Waals surface area (Å²) in [5, 5.41) is 10.3. The van der Waals surface area contributed by atoms with Gasteiger partial charge in [-0.2, -0.15) is 0 Å². The molecule has 0 radical (unpaired) electrons. The van der Waals surface area contributed by atoms with Crippen molar-refractivity contribution in [2.24, 2.45) is 0 Å². The maximum absolute atomic E-state index is 12.9. The molecule has 2 unspecified atom stereocenters. The number of β-amino-alcohol motifs (C(OH)–C–C–N with tert-alkyl or cyclic N) is 1. The zero-order valence-electron chi connectivity index (χ0n) is 15.5. The maximum Gasteiger partial charge on any atom is 0.191 e. The number of aliphatic hydroxyl groups is 1. The van der Waals surface area contributed by atoms with E-state index in [2.05, 4.69) is 4.90 Å². The van der Waals surface area contributed by atoms with E-state index in [-0.39, 0.29) is 12.4 Å². The van der Waals surface area contributed by atoms with Crippen LogP contribution in [-0.2, 0) is 15.9 Å². The van der Waals surface area contributed by atoms with Crippen LogP contribution in [0.25, 0.3) is 0 Å². The van der Waals surface area contributed by atoms with E-state index in [0.29, 0.717) is 31.7 Å². The van der Waals surface area contributed by atoms with Crippen molar-refractivity contribution in [3.63, 3.8) is 0 Å². The Morgan fingerprint density at radius 1 is 1.04 bits per heavy atom. The third kappa shape index (κ3) is 6.26. The highest BCUT2D eigenvalue weighted by atomic mass is 16.5. The number of ketones is 1. The molecule has 0 aliphatic carbocycles. The van der Waals surface area contributed by atoms with Gasteiger partial charge in [0.15, 0.2) is 5.78 Å². The number of hydrogen-bond acceptors (Lipinski definition) is 5. The number of benzene rings is 2. The smallest absolute Gasteiger partial charge is 0.191 e. The van der Waals surface area contributed by atoms with Gasteiger partial charge in [-0.3, -0.25) is 9.69 Å². The first-order chi connectivity index (χ1) is 13.2. The Balaban J connectivity index is 1.61. The van der Waals surface area contributed by atoms with Gasteiger partial charge < -0.3 is 14.6 Å². The second-order valence-electron chi connectivity index (χ2n) is 6.81. The molecule has 144 valence electrons. The summed E-state index contributed by atoms with van der Waals surface area (Å²) >= 11 is 0. The number of morpholine rings is 1. The van der Waals surface area contributed by atoms with E-state index in [1.54, 1.807) is 12.1 Å². The quantitative estimate of drug-likeness (QED) is 0.687. The molecule has 2 aromatic rings. The highest BCUT2D eigenvalue weighted by molar-refractivity contribution is 5.99. The number of aliphatic hydroxyl groups excluding tert-OH is 1. The van der Waals surface area contributed by atoms with Crippen LogP contribution in [0.15, 0.2) is 60.7 Å². The summed E-state index contributed by atoms with van der Waals surface area (Å²) in [6, 6.07) is 19.0. The minimum Gasteiger partial charge on any atom is -0.389 e. The summed E-state index contributed by atoms with van der Waals surface area (Å²) in [6.07, 6.45) is -0.766. The van der Waals surface area contributed by atoms with E-state index in [9.17, 15) is 9.90 Å². The first-order valence-corrected chi connectivity index (χ1v) is 9.45. The molecule has 2 aromatic carbocycles. The summed E-state index contributed by atoms with van der Waals surface area (Å²) in [5.74, 6) is -0.0574. The predicted molar refractivity (Wildman–Crippen MR) is 104 cm³/mol. The van der Waals surface area contributed by atoms with Crippen LogP contribution in [0.5, 0.6) is 0 Å². The second kappa shape index (κ2) is 10.3. The lowest BCUT2D eigenvalue weighted by atomic mass is 10.00. The summed E-state index contributed by atoms with van der Waals surface area (Å²) in [5.41, 5.74) is 1.66. The molecule has 1 N–H and O–H groups in total. The number of nitrogens with zero attached hydrogens (tertiary/aromatic N) is 1. The summed E-state index contributed by atoms with van der Waals surface area (Å²) in [6.45, 7) is 3.67. The zero-order chi connectivity index (χ0) is 18.9. The third-order valence-corrected chi connectivity index (χ3v) is 4.68. The molecule has 5 heteroatoms. The molecule has 0 saturated carbocycles. The number of hydrogen-bond donors (Lipinski definition) is 1. The fourth-order valence-electron chi connectivity index (χ4n) is 3.21. The predicted octanol–water partition coefficient (Wildman–Crippen LogP) is 2.19. The minimum atomic E-state index is -0.634. The molecule has 3 rings (SSSR count). The Kier molecular flexibility index (Phi) is 7.54. The molecular weight excluding hydrogens is 342 g/mol. The van der Waals surface area contributed by atoms with Gasteiger partial charge in [0.05, 0.1) is 25.9 Å². The molecule has 5 nitrogen and oxygen atoms in total. The van der Waals surface area contributed by atoms with Gasteiger partial charge >= 0.3 is 0 Å². The maximum atomic E-state index is 12.9. The van der Waals surface area contributed by atoms with Gasteiger partial charge in [-0.15, -0.1) is 0 Å². The molecule has 0 bridgehead atoms. The van der Waals surface area contributed by atoms with Gasteiger partial charge in [-0.05, 0) is 5.56 Å². The lowest BCUT2D eigenvalue weighted by Crippen LogP contribution is -2.43. The Morgan fingerprint density at radius 2 is 1.67 bits per heavy atom. The molecule has 27 heavy (non-hydrogen) atoms. The number of ether oxygens (including phenoxy) is 2. The second-order valence-corrected chi connectivity index (χ2v) is 6.81. The molecular formula is C22H27NO4. The van der Waals surface area contributed by atoms with Crippen molar-refractivity contribution in [2.75, 3.05) is 39.5 Å². The summed E-state index contributed by atoms with van der Waals surface area (Å²) in [4.78, 5) is 15.1. The third-order valence-electron chi connectivity index (χ3n) is 4.68. The van der Waals surface area contributed by atoms with E-state index in [1.807, 2.05) is 48.5 Å². The van der Waals surface area contributed by atoms with Crippen LogP contribution >= 0.6 is 0 Å². The molecule has 2 atom stereocenters. The lowest BCUT2D eigenvalue weighted by molar-refractivity contribution is -0.0296.